The second-order valence-corrected chi connectivity index (χ2v) is 3.86. The number of hydrogen-bond acceptors (Lipinski definition) is 1. The van der Waals surface area contributed by atoms with Crippen LogP contribution in [0, 0.1) is 0 Å². The van der Waals surface area contributed by atoms with Crippen LogP contribution < -0.4 is 5.32 Å². The van der Waals surface area contributed by atoms with Gasteiger partial charge in [0.1, 0.15) is 0 Å². The fourth-order valence-corrected chi connectivity index (χ4v) is 1.65. The molecule has 0 aliphatic carbocycles. The van der Waals surface area contributed by atoms with Gasteiger partial charge >= 0.3 is 6.18 Å². The monoisotopic (exact) mass is 331 g/mol. The number of alkyl halides is 3. The number of halogens is 4. The van der Waals surface area contributed by atoms with Crippen LogP contribution in [0.15, 0.2) is 24.3 Å². The van der Waals surface area contributed by atoms with Crippen LogP contribution in [0.2, 0.25) is 0 Å². The van der Waals surface area contributed by atoms with Crippen LogP contribution in [0.5, 0.6) is 0 Å². The van der Waals surface area contributed by atoms with Gasteiger partial charge in [0, 0.05) is 25.5 Å². The van der Waals surface area contributed by atoms with Gasteiger partial charge in [0.15, 0.2) is 0 Å². The van der Waals surface area contributed by atoms with Gasteiger partial charge in [-0.05, 0) is 31.5 Å². The predicted octanol–water partition coefficient (Wildman–Crippen LogP) is 3.67. The average Bonchev–Trinajstić information content (AvgIpc) is 2.17. The van der Waals surface area contributed by atoms with Crippen molar-refractivity contribution in [3.63, 3.8) is 0 Å². The molecule has 1 unspecified atom stereocenters. The van der Waals surface area contributed by atoms with E-state index in [1.54, 1.807) is 6.07 Å². The molecule has 1 aromatic rings. The molecule has 0 bridgehead atoms. The molecule has 0 aliphatic rings. The van der Waals surface area contributed by atoms with E-state index in [4.69, 9.17) is 0 Å². The van der Waals surface area contributed by atoms with Crippen LogP contribution >= 0.6 is 12.4 Å². The Bertz CT molecular complexity index is 344. The van der Waals surface area contributed by atoms with Crippen molar-refractivity contribution < 1.29 is 32.6 Å². The summed E-state index contributed by atoms with van der Waals surface area (Å²) in [6, 6.07) is 5.68. The van der Waals surface area contributed by atoms with Gasteiger partial charge < -0.3 is 5.32 Å². The molecule has 1 N–H and O–H groups in total. The Hall–Kier alpha value is -0.117. The Morgan fingerprint density at radius 2 is 1.89 bits per heavy atom. The third-order valence-electron chi connectivity index (χ3n) is 2.35. The zero-order valence-electron chi connectivity index (χ0n) is 10.6. The molecule has 18 heavy (non-hydrogen) atoms. The van der Waals surface area contributed by atoms with Gasteiger partial charge in [-0.25, -0.2) is 0 Å². The first-order valence-electron chi connectivity index (χ1n) is 5.33. The van der Waals surface area contributed by atoms with Crippen molar-refractivity contribution >= 4 is 12.4 Å². The average molecular weight is 333 g/mol. The number of rotatable bonds is 4. The Labute approximate surface area is 125 Å². The standard InChI is InChI=1S/C12H16F3N.ClH.Zn/c1-3-16-9(2)7-10-5-4-6-11(8-10)12(13,14)15;;/h4-6,8-9,16H,3,7H2,1-2H3;1H;. The molecule has 0 aliphatic heterocycles. The molecule has 0 aromatic heterocycles. The largest absolute Gasteiger partial charge is 0.416 e. The zero-order valence-corrected chi connectivity index (χ0v) is 14.3. The number of nitrogens with one attached hydrogen (secondary N) is 1. The maximum atomic E-state index is 12.4. The van der Waals surface area contributed by atoms with E-state index in [-0.39, 0.29) is 37.9 Å². The Morgan fingerprint density at radius 3 is 2.39 bits per heavy atom. The second kappa shape index (κ2) is 8.89. The molecule has 1 rings (SSSR count). The normalized spacial score (nSPS) is 12.3. The van der Waals surface area contributed by atoms with Crippen LogP contribution in [-0.4, -0.2) is 12.6 Å². The summed E-state index contributed by atoms with van der Waals surface area (Å²) in [6.45, 7) is 4.76. The topological polar surface area (TPSA) is 12.0 Å². The van der Waals surface area contributed by atoms with E-state index < -0.39 is 11.7 Å². The number of benzene rings is 1. The van der Waals surface area contributed by atoms with Gasteiger partial charge in [-0.3, -0.25) is 0 Å². The van der Waals surface area contributed by atoms with E-state index in [2.05, 4.69) is 5.32 Å². The first-order valence-corrected chi connectivity index (χ1v) is 5.33. The summed E-state index contributed by atoms with van der Waals surface area (Å²) in [7, 11) is 0. The molecule has 0 saturated carbocycles. The van der Waals surface area contributed by atoms with Crippen LogP contribution in [0.4, 0.5) is 13.2 Å². The van der Waals surface area contributed by atoms with E-state index in [1.165, 1.54) is 12.1 Å². The summed E-state index contributed by atoms with van der Waals surface area (Å²) in [6.07, 6.45) is -3.64. The smallest absolute Gasteiger partial charge is 0.314 e. The summed E-state index contributed by atoms with van der Waals surface area (Å²) in [4.78, 5) is 0. The number of likely N-dealkylation sites (N-methyl/N-ethyl adjacent to an activating group) is 1. The van der Waals surface area contributed by atoms with Crippen molar-refractivity contribution in [3.05, 3.63) is 35.4 Å². The van der Waals surface area contributed by atoms with Crippen LogP contribution in [0.3, 0.4) is 0 Å². The van der Waals surface area contributed by atoms with Gasteiger partial charge in [0.25, 0.3) is 0 Å². The first-order chi connectivity index (χ1) is 7.43. The molecule has 1 aromatic carbocycles. The minimum Gasteiger partial charge on any atom is -0.314 e. The SMILES string of the molecule is CCNC(C)Cc1cccc(C(F)(F)F)c1.Cl.[Zn]. The maximum Gasteiger partial charge on any atom is 0.416 e. The molecule has 0 spiro atoms. The third-order valence-corrected chi connectivity index (χ3v) is 2.35. The minimum absolute atomic E-state index is 0. The Balaban J connectivity index is 0. The molecule has 0 saturated heterocycles. The molecule has 0 radical (unpaired) electrons. The maximum absolute atomic E-state index is 12.4. The van der Waals surface area contributed by atoms with Gasteiger partial charge in [-0.15, -0.1) is 12.4 Å². The fourth-order valence-electron chi connectivity index (χ4n) is 1.65. The molecule has 1 atom stereocenters. The summed E-state index contributed by atoms with van der Waals surface area (Å²) < 4.78 is 37.3. The van der Waals surface area contributed by atoms with Crippen LogP contribution in [0.1, 0.15) is 25.0 Å². The summed E-state index contributed by atoms with van der Waals surface area (Å²) in [5, 5.41) is 3.17. The molecule has 0 fully saturated rings. The second-order valence-electron chi connectivity index (χ2n) is 3.86. The molecule has 1 nitrogen and oxygen atoms in total. The Morgan fingerprint density at radius 1 is 1.28 bits per heavy atom. The van der Waals surface area contributed by atoms with Crippen molar-refractivity contribution in [2.24, 2.45) is 0 Å². The van der Waals surface area contributed by atoms with E-state index in [0.717, 1.165) is 12.6 Å². The summed E-state index contributed by atoms with van der Waals surface area (Å²) in [5.41, 5.74) is 0.136. The fraction of sp³-hybridized carbons (Fsp3) is 0.500. The predicted molar refractivity (Wildman–Crippen MR) is 65.5 cm³/mol. The van der Waals surface area contributed by atoms with Crippen molar-refractivity contribution in [2.75, 3.05) is 6.54 Å². The van der Waals surface area contributed by atoms with E-state index >= 15 is 0 Å². The van der Waals surface area contributed by atoms with Crippen molar-refractivity contribution in [2.45, 2.75) is 32.5 Å². The molecule has 0 heterocycles. The number of hydrogen-bond donors (Lipinski definition) is 1. The Kier molecular flexibility index (Phi) is 9.98. The molecule has 6 heteroatoms. The van der Waals surface area contributed by atoms with Crippen LogP contribution in [-0.2, 0) is 32.1 Å². The van der Waals surface area contributed by atoms with E-state index in [0.29, 0.717) is 12.0 Å². The van der Waals surface area contributed by atoms with Crippen molar-refractivity contribution in [1.82, 2.24) is 5.32 Å². The van der Waals surface area contributed by atoms with Crippen molar-refractivity contribution in [1.29, 1.82) is 0 Å². The first kappa shape index (κ1) is 20.2. The van der Waals surface area contributed by atoms with Crippen LogP contribution in [0.25, 0.3) is 0 Å². The van der Waals surface area contributed by atoms with Gasteiger partial charge in [0.2, 0.25) is 0 Å². The minimum atomic E-state index is -4.25. The summed E-state index contributed by atoms with van der Waals surface area (Å²) in [5.74, 6) is 0. The molecule has 0 amide bonds. The van der Waals surface area contributed by atoms with E-state index in [9.17, 15) is 13.2 Å². The van der Waals surface area contributed by atoms with E-state index in [1.807, 2.05) is 13.8 Å². The molecule has 100 valence electrons. The summed E-state index contributed by atoms with van der Waals surface area (Å²) >= 11 is 0. The van der Waals surface area contributed by atoms with Gasteiger partial charge in [-0.2, -0.15) is 13.2 Å². The van der Waals surface area contributed by atoms with Gasteiger partial charge in [0.05, 0.1) is 5.56 Å². The van der Waals surface area contributed by atoms with Crippen molar-refractivity contribution in [3.8, 4) is 0 Å². The molecular formula is C12H17ClF3NZn. The molecular weight excluding hydrogens is 316 g/mol. The quantitative estimate of drug-likeness (QED) is 0.829. The zero-order chi connectivity index (χ0) is 12.2. The van der Waals surface area contributed by atoms with Gasteiger partial charge in [-0.1, -0.05) is 25.1 Å². The third kappa shape index (κ3) is 6.72.